The van der Waals surface area contributed by atoms with Crippen LogP contribution in [0.3, 0.4) is 0 Å². The number of aromatic carboxylic acids is 1. The van der Waals surface area contributed by atoms with E-state index in [0.29, 0.717) is 40.7 Å². The Morgan fingerprint density at radius 2 is 1.95 bits per heavy atom. The van der Waals surface area contributed by atoms with Gasteiger partial charge in [0.2, 0.25) is 5.88 Å². The molecule has 6 rings (SSSR count). The van der Waals surface area contributed by atoms with Crippen LogP contribution in [0.5, 0.6) is 5.88 Å². The maximum atomic E-state index is 14.0. The molecule has 0 spiro atoms. The first kappa shape index (κ1) is 28.0. The van der Waals surface area contributed by atoms with Crippen molar-refractivity contribution in [3.63, 3.8) is 0 Å². The molecule has 0 aliphatic carbocycles. The number of pyridine rings is 1. The first-order chi connectivity index (χ1) is 18.9. The van der Waals surface area contributed by atoms with E-state index in [1.165, 1.54) is 12.1 Å². The highest BCUT2D eigenvalue weighted by molar-refractivity contribution is 6.30. The molecule has 5 heterocycles. The van der Waals surface area contributed by atoms with E-state index in [0.717, 1.165) is 44.8 Å². The topological polar surface area (TPSA) is 143 Å². The van der Waals surface area contributed by atoms with Crippen molar-refractivity contribution < 1.29 is 23.8 Å². The predicted octanol–water partition coefficient (Wildman–Crippen LogP) is 4.49. The third kappa shape index (κ3) is 5.94. The Morgan fingerprint density at radius 1 is 1.15 bits per heavy atom. The highest BCUT2D eigenvalue weighted by Gasteiger charge is 2.26. The van der Waals surface area contributed by atoms with Crippen LogP contribution in [0.15, 0.2) is 42.6 Å². The monoisotopic (exact) mass is 571 g/mol. The van der Waals surface area contributed by atoms with Crippen LogP contribution in [-0.2, 0) is 24.4 Å². The van der Waals surface area contributed by atoms with E-state index in [-0.39, 0.29) is 30.6 Å². The van der Waals surface area contributed by atoms with Gasteiger partial charge in [0.15, 0.2) is 11.3 Å². The number of benzene rings is 1. The molecule has 0 bridgehead atoms. The number of aromatic nitrogens is 5. The third-order valence-corrected chi connectivity index (χ3v) is 7.58. The lowest BCUT2D eigenvalue weighted by atomic mass is 10.1. The molecule has 0 radical (unpaired) electrons. The van der Waals surface area contributed by atoms with Gasteiger partial charge in [-0.05, 0) is 43.5 Å². The molecule has 2 fully saturated rings. The minimum atomic E-state index is -1.06. The molecule has 1 aromatic carbocycles. The van der Waals surface area contributed by atoms with Crippen LogP contribution in [0.1, 0.15) is 47.2 Å². The van der Waals surface area contributed by atoms with Crippen LogP contribution >= 0.6 is 11.6 Å². The lowest BCUT2D eigenvalue weighted by molar-refractivity contribution is -0.0593. The number of ether oxygens (including phenoxy) is 2. The molecule has 2 saturated heterocycles. The fourth-order valence-corrected chi connectivity index (χ4v) is 5.20. The highest BCUT2D eigenvalue weighted by atomic mass is 35.5. The minimum absolute atomic E-state index is 0. The molecule has 2 aliphatic heterocycles. The van der Waals surface area contributed by atoms with Gasteiger partial charge in [0.25, 0.3) is 0 Å². The molecule has 3 aromatic heterocycles. The summed E-state index contributed by atoms with van der Waals surface area (Å²) in [5.74, 6) is -0.149. The van der Waals surface area contributed by atoms with Crippen molar-refractivity contribution in [1.29, 1.82) is 0 Å². The Morgan fingerprint density at radius 3 is 2.65 bits per heavy atom. The van der Waals surface area contributed by atoms with E-state index < -0.39 is 11.8 Å². The minimum Gasteiger partial charge on any atom is -0.477 e. The summed E-state index contributed by atoms with van der Waals surface area (Å²) in [6.07, 6.45) is 4.76. The van der Waals surface area contributed by atoms with Gasteiger partial charge in [-0.2, -0.15) is 0 Å². The van der Waals surface area contributed by atoms with Crippen LogP contribution in [-0.4, -0.2) is 66.1 Å². The van der Waals surface area contributed by atoms with Crippen molar-refractivity contribution in [2.24, 2.45) is 0 Å². The molecule has 13 heteroatoms. The lowest BCUT2D eigenvalue weighted by Gasteiger charge is -2.32. The SMILES string of the molecule is N.O=C(O)c1ccc2nc(CN3CCC(n4ccc(OCc5ccc(Cl)cc5F)n4)CC3)n(C[C@@H]3CCO3)c2n1. The van der Waals surface area contributed by atoms with E-state index in [1.54, 1.807) is 24.3 Å². The summed E-state index contributed by atoms with van der Waals surface area (Å²) in [6.45, 7) is 3.77. The number of nitrogens with zero attached hydrogens (tertiary/aromatic N) is 6. The number of imidazole rings is 1. The largest absolute Gasteiger partial charge is 0.477 e. The van der Waals surface area contributed by atoms with Crippen molar-refractivity contribution >= 4 is 28.7 Å². The van der Waals surface area contributed by atoms with Crippen molar-refractivity contribution in [3.05, 3.63) is 70.5 Å². The van der Waals surface area contributed by atoms with Gasteiger partial charge in [0.05, 0.1) is 25.2 Å². The van der Waals surface area contributed by atoms with E-state index in [2.05, 4.69) is 15.0 Å². The molecule has 11 nitrogen and oxygen atoms in total. The molecule has 0 amide bonds. The standard InChI is InChI=1S/C27H28ClFN6O4.H3N/c28-18-2-1-17(21(29)13-18)16-39-25-7-11-35(32-25)19-5-9-33(10-6-19)15-24-30-22-3-4-23(27(36)37)31-26(22)34(24)14-20-8-12-38-20;/h1-4,7,11,13,19-20H,5-6,8-10,12,14-16H2,(H,36,37);1H3/t20-;/m0./s1. The summed E-state index contributed by atoms with van der Waals surface area (Å²) in [7, 11) is 0. The number of halogens is 2. The van der Waals surface area contributed by atoms with Crippen LogP contribution in [0.25, 0.3) is 11.2 Å². The van der Waals surface area contributed by atoms with Crippen LogP contribution < -0.4 is 10.9 Å². The fraction of sp³-hybridized carbons (Fsp3) is 0.407. The maximum absolute atomic E-state index is 14.0. The number of hydrogen-bond acceptors (Lipinski definition) is 8. The van der Waals surface area contributed by atoms with Gasteiger partial charge < -0.3 is 25.3 Å². The van der Waals surface area contributed by atoms with E-state index in [4.69, 9.17) is 26.1 Å². The summed E-state index contributed by atoms with van der Waals surface area (Å²) < 4.78 is 29.3. The van der Waals surface area contributed by atoms with Crippen molar-refractivity contribution in [3.8, 4) is 5.88 Å². The number of carboxylic acids is 1. The molecule has 212 valence electrons. The van der Waals surface area contributed by atoms with Crippen molar-refractivity contribution in [2.45, 2.75) is 51.1 Å². The first-order valence-electron chi connectivity index (χ1n) is 13.0. The van der Waals surface area contributed by atoms with Gasteiger partial charge in [-0.1, -0.05) is 17.7 Å². The Kier molecular flexibility index (Phi) is 8.31. The quantitative estimate of drug-likeness (QED) is 0.297. The molecular weight excluding hydrogens is 541 g/mol. The fourth-order valence-electron chi connectivity index (χ4n) is 5.05. The Balaban J connectivity index is 0.00000323. The molecule has 0 saturated carbocycles. The smallest absolute Gasteiger partial charge is 0.354 e. The third-order valence-electron chi connectivity index (χ3n) is 7.34. The van der Waals surface area contributed by atoms with Gasteiger partial charge in [0, 0.05) is 42.5 Å². The van der Waals surface area contributed by atoms with E-state index in [9.17, 15) is 14.3 Å². The van der Waals surface area contributed by atoms with Crippen molar-refractivity contribution in [2.75, 3.05) is 19.7 Å². The Hall–Kier alpha value is -3.58. The second kappa shape index (κ2) is 11.9. The van der Waals surface area contributed by atoms with Gasteiger partial charge in [-0.25, -0.2) is 19.2 Å². The number of carboxylic acid groups (broad SMARTS) is 1. The van der Waals surface area contributed by atoms with Gasteiger partial charge in [-0.15, -0.1) is 5.10 Å². The van der Waals surface area contributed by atoms with Crippen LogP contribution in [0.4, 0.5) is 4.39 Å². The maximum Gasteiger partial charge on any atom is 0.354 e. The number of carbonyl (C=O) groups is 1. The number of likely N-dealkylation sites (tertiary alicyclic amines) is 1. The van der Waals surface area contributed by atoms with Crippen LogP contribution in [0, 0.1) is 5.82 Å². The van der Waals surface area contributed by atoms with Crippen LogP contribution in [0.2, 0.25) is 5.02 Å². The molecule has 40 heavy (non-hydrogen) atoms. The van der Waals surface area contributed by atoms with E-state index in [1.807, 2.05) is 15.4 Å². The average molecular weight is 572 g/mol. The molecule has 2 aliphatic rings. The second-order valence-electron chi connectivity index (χ2n) is 9.93. The normalized spacial score (nSPS) is 17.9. The number of fused-ring (bicyclic) bond motifs is 1. The molecular formula is C27H31ClFN7O4. The zero-order chi connectivity index (χ0) is 26.9. The lowest BCUT2D eigenvalue weighted by Crippen LogP contribution is -2.36. The zero-order valence-corrected chi connectivity index (χ0v) is 22.6. The number of hydrogen-bond donors (Lipinski definition) is 2. The van der Waals surface area contributed by atoms with Gasteiger partial charge in [0.1, 0.15) is 23.8 Å². The Labute approximate surface area is 235 Å². The van der Waals surface area contributed by atoms with Gasteiger partial charge >= 0.3 is 5.97 Å². The summed E-state index contributed by atoms with van der Waals surface area (Å²) in [4.78, 5) is 23.0. The summed E-state index contributed by atoms with van der Waals surface area (Å²) >= 11 is 5.82. The Bertz CT molecular complexity index is 1500. The summed E-state index contributed by atoms with van der Waals surface area (Å²) in [5, 5.41) is 14.3. The van der Waals surface area contributed by atoms with E-state index >= 15 is 0 Å². The zero-order valence-electron chi connectivity index (χ0n) is 21.9. The second-order valence-corrected chi connectivity index (χ2v) is 10.4. The first-order valence-corrected chi connectivity index (χ1v) is 13.4. The highest BCUT2D eigenvalue weighted by Crippen LogP contribution is 2.26. The number of rotatable bonds is 9. The predicted molar refractivity (Wildman–Crippen MR) is 145 cm³/mol. The molecule has 4 N–H and O–H groups in total. The molecule has 0 unspecified atom stereocenters. The molecule has 1 atom stereocenters. The van der Waals surface area contributed by atoms with Crippen molar-refractivity contribution in [1.82, 2.24) is 35.4 Å². The summed E-state index contributed by atoms with van der Waals surface area (Å²) in [5.41, 5.74) is 1.70. The molecule has 4 aromatic rings. The average Bonchev–Trinajstić information content (AvgIpc) is 3.50. The van der Waals surface area contributed by atoms with Gasteiger partial charge in [-0.3, -0.25) is 9.58 Å². The number of piperidine rings is 1. The summed E-state index contributed by atoms with van der Waals surface area (Å²) in [6, 6.07) is 9.75.